The fraction of sp³-hybridized carbons (Fsp3) is 0.364. The van der Waals surface area contributed by atoms with Gasteiger partial charge in [-0.3, -0.25) is 4.79 Å². The van der Waals surface area contributed by atoms with E-state index in [4.69, 9.17) is 10.5 Å². The molecule has 0 saturated heterocycles. The number of imidazole rings is 1. The molecule has 1 heterocycles. The first-order valence-electron chi connectivity index (χ1n) is 9.82. The molecule has 0 bridgehead atoms. The van der Waals surface area contributed by atoms with Crippen molar-refractivity contribution < 1.29 is 9.53 Å². The van der Waals surface area contributed by atoms with Crippen LogP contribution in [0.4, 0.5) is 0 Å². The number of rotatable bonds is 10. The van der Waals surface area contributed by atoms with Crippen LogP contribution >= 0.6 is 24.8 Å². The molecule has 3 rings (SSSR count). The maximum absolute atomic E-state index is 12.7. The third-order valence-corrected chi connectivity index (χ3v) is 4.70. The normalized spacial score (nSPS) is 11.3. The lowest BCUT2D eigenvalue weighted by Gasteiger charge is -2.17. The van der Waals surface area contributed by atoms with Crippen molar-refractivity contribution >= 4 is 41.8 Å². The van der Waals surface area contributed by atoms with E-state index in [0.717, 1.165) is 41.9 Å². The number of carbonyl (C=O) groups excluding carboxylic acids is 1. The van der Waals surface area contributed by atoms with E-state index < -0.39 is 0 Å². The maximum atomic E-state index is 12.7. The molecule has 2 aromatic carbocycles. The van der Waals surface area contributed by atoms with Crippen molar-refractivity contribution in [1.29, 1.82) is 0 Å². The molecule has 3 N–H and O–H groups in total. The lowest BCUT2D eigenvalue weighted by Crippen LogP contribution is -2.41. The molecular weight excluding hydrogens is 423 g/mol. The van der Waals surface area contributed by atoms with Crippen molar-refractivity contribution in [2.24, 2.45) is 5.73 Å². The van der Waals surface area contributed by atoms with Crippen LogP contribution in [0.2, 0.25) is 0 Å². The number of aromatic nitrogens is 2. The van der Waals surface area contributed by atoms with Gasteiger partial charge in [0.1, 0.15) is 24.7 Å². The van der Waals surface area contributed by atoms with Crippen LogP contribution in [0.5, 0.6) is 5.75 Å². The van der Waals surface area contributed by atoms with Crippen molar-refractivity contribution in [3.05, 3.63) is 60.4 Å². The average molecular weight is 453 g/mol. The number of halogens is 2. The zero-order valence-electron chi connectivity index (χ0n) is 17.1. The smallest absolute Gasteiger partial charge is 0.240 e. The van der Waals surface area contributed by atoms with Crippen molar-refractivity contribution in [3.8, 4) is 5.75 Å². The van der Waals surface area contributed by atoms with E-state index >= 15 is 0 Å². The van der Waals surface area contributed by atoms with Gasteiger partial charge in [0.25, 0.3) is 0 Å². The number of nitrogens with zero attached hydrogens (tertiary/aromatic N) is 2. The van der Waals surface area contributed by atoms with Gasteiger partial charge in [-0.15, -0.1) is 24.8 Å². The Labute approximate surface area is 190 Å². The Morgan fingerprint density at radius 1 is 1.13 bits per heavy atom. The molecule has 0 aliphatic heterocycles. The van der Waals surface area contributed by atoms with E-state index in [1.54, 1.807) is 0 Å². The number of unbranched alkanes of at least 4 members (excludes halogenated alkanes) is 1. The second-order valence-corrected chi connectivity index (χ2v) is 6.85. The number of carbonyl (C=O) groups is 1. The molecule has 1 unspecified atom stereocenters. The molecule has 0 spiro atoms. The SMILES string of the molecule is CCCCC(CN)NC(=O)Cn1c(COc2ccccc2)nc2ccccc21.Cl.Cl. The number of amides is 1. The molecule has 1 amide bonds. The molecule has 30 heavy (non-hydrogen) atoms. The monoisotopic (exact) mass is 452 g/mol. The fourth-order valence-electron chi connectivity index (χ4n) is 3.19. The number of para-hydroxylation sites is 3. The summed E-state index contributed by atoms with van der Waals surface area (Å²) in [6, 6.07) is 17.4. The number of nitrogens with one attached hydrogen (secondary N) is 1. The summed E-state index contributed by atoms with van der Waals surface area (Å²) in [6.07, 6.45) is 3.03. The minimum Gasteiger partial charge on any atom is -0.486 e. The predicted molar refractivity (Wildman–Crippen MR) is 126 cm³/mol. The van der Waals surface area contributed by atoms with Crippen LogP contribution < -0.4 is 15.8 Å². The van der Waals surface area contributed by atoms with Gasteiger partial charge in [0.05, 0.1) is 11.0 Å². The first-order valence-corrected chi connectivity index (χ1v) is 9.82. The van der Waals surface area contributed by atoms with Gasteiger partial charge >= 0.3 is 0 Å². The summed E-state index contributed by atoms with van der Waals surface area (Å²) in [7, 11) is 0. The van der Waals surface area contributed by atoms with Gasteiger partial charge in [-0.2, -0.15) is 0 Å². The topological polar surface area (TPSA) is 82.2 Å². The minimum absolute atomic E-state index is 0. The highest BCUT2D eigenvalue weighted by atomic mass is 35.5. The largest absolute Gasteiger partial charge is 0.486 e. The average Bonchev–Trinajstić information content (AvgIpc) is 3.07. The summed E-state index contributed by atoms with van der Waals surface area (Å²) in [5, 5.41) is 3.05. The van der Waals surface area contributed by atoms with Crippen LogP contribution in [0.3, 0.4) is 0 Å². The molecule has 8 heteroatoms. The quantitative estimate of drug-likeness (QED) is 0.485. The first kappa shape index (κ1) is 25.8. The molecule has 164 valence electrons. The molecule has 3 aromatic rings. The molecule has 1 atom stereocenters. The van der Waals surface area contributed by atoms with E-state index in [1.807, 2.05) is 59.2 Å². The van der Waals surface area contributed by atoms with Crippen LogP contribution in [0, 0.1) is 0 Å². The second-order valence-electron chi connectivity index (χ2n) is 6.85. The summed E-state index contributed by atoms with van der Waals surface area (Å²) in [6.45, 7) is 3.06. The molecule has 1 aromatic heterocycles. The molecule has 0 fully saturated rings. The zero-order valence-corrected chi connectivity index (χ0v) is 18.8. The Kier molecular flexibility index (Phi) is 11.3. The highest BCUT2D eigenvalue weighted by molar-refractivity contribution is 5.85. The fourth-order valence-corrected chi connectivity index (χ4v) is 3.19. The summed E-state index contributed by atoms with van der Waals surface area (Å²) in [5.74, 6) is 1.43. The van der Waals surface area contributed by atoms with Crippen molar-refractivity contribution in [3.63, 3.8) is 0 Å². The van der Waals surface area contributed by atoms with Gasteiger partial charge in [0, 0.05) is 12.6 Å². The van der Waals surface area contributed by atoms with Crippen molar-refractivity contribution in [2.75, 3.05) is 6.54 Å². The standard InChI is InChI=1S/C22H28N4O2.2ClH/c1-2-3-9-17(14-23)24-22(27)15-26-20-13-8-7-12-19(20)25-21(26)16-28-18-10-5-4-6-11-18;;/h4-8,10-13,17H,2-3,9,14-16,23H2,1H3,(H,24,27);2*1H. The van der Waals surface area contributed by atoms with Crippen LogP contribution in [-0.2, 0) is 17.9 Å². The molecule has 0 aliphatic carbocycles. The van der Waals surface area contributed by atoms with Gasteiger partial charge in [0.15, 0.2) is 0 Å². The highest BCUT2D eigenvalue weighted by Crippen LogP contribution is 2.18. The number of nitrogens with two attached hydrogens (primary N) is 1. The Morgan fingerprint density at radius 2 is 1.83 bits per heavy atom. The molecular formula is C22H30Cl2N4O2. The number of fused-ring (bicyclic) bond motifs is 1. The van der Waals surface area contributed by atoms with E-state index in [0.29, 0.717) is 13.2 Å². The number of benzene rings is 2. The van der Waals surface area contributed by atoms with Gasteiger partial charge in [-0.1, -0.05) is 50.1 Å². The van der Waals surface area contributed by atoms with Crippen LogP contribution in [-0.4, -0.2) is 28.0 Å². The van der Waals surface area contributed by atoms with E-state index in [-0.39, 0.29) is 43.3 Å². The second kappa shape index (κ2) is 13.1. The van der Waals surface area contributed by atoms with Crippen LogP contribution in [0.15, 0.2) is 54.6 Å². The summed E-state index contributed by atoms with van der Waals surface area (Å²) >= 11 is 0. The van der Waals surface area contributed by atoms with Gasteiger partial charge < -0.3 is 20.4 Å². The lowest BCUT2D eigenvalue weighted by molar-refractivity contribution is -0.122. The summed E-state index contributed by atoms with van der Waals surface area (Å²) in [4.78, 5) is 17.3. The zero-order chi connectivity index (χ0) is 19.8. The third kappa shape index (κ3) is 6.90. The van der Waals surface area contributed by atoms with E-state index in [1.165, 1.54) is 0 Å². The Morgan fingerprint density at radius 3 is 2.53 bits per heavy atom. The molecule has 6 nitrogen and oxygen atoms in total. The molecule has 0 aliphatic rings. The predicted octanol–water partition coefficient (Wildman–Crippen LogP) is 4.09. The first-order chi connectivity index (χ1) is 13.7. The van der Waals surface area contributed by atoms with Gasteiger partial charge in [0.2, 0.25) is 5.91 Å². The minimum atomic E-state index is -0.0596. The van der Waals surface area contributed by atoms with Crippen LogP contribution in [0.1, 0.15) is 32.0 Å². The summed E-state index contributed by atoms with van der Waals surface area (Å²) in [5.41, 5.74) is 7.58. The van der Waals surface area contributed by atoms with Crippen molar-refractivity contribution in [1.82, 2.24) is 14.9 Å². The molecule has 0 saturated carbocycles. The van der Waals surface area contributed by atoms with Crippen LogP contribution in [0.25, 0.3) is 11.0 Å². The van der Waals surface area contributed by atoms with Gasteiger partial charge in [-0.05, 0) is 30.7 Å². The maximum Gasteiger partial charge on any atom is 0.240 e. The number of ether oxygens (including phenoxy) is 1. The van der Waals surface area contributed by atoms with E-state index in [9.17, 15) is 4.79 Å². The Balaban J connectivity index is 0.00000225. The number of hydrogen-bond acceptors (Lipinski definition) is 4. The lowest BCUT2D eigenvalue weighted by atomic mass is 10.1. The highest BCUT2D eigenvalue weighted by Gasteiger charge is 2.16. The summed E-state index contributed by atoms with van der Waals surface area (Å²) < 4.78 is 7.78. The van der Waals surface area contributed by atoms with Gasteiger partial charge in [-0.25, -0.2) is 4.98 Å². The van der Waals surface area contributed by atoms with E-state index in [2.05, 4.69) is 17.2 Å². The number of hydrogen-bond donors (Lipinski definition) is 2. The third-order valence-electron chi connectivity index (χ3n) is 4.70. The Bertz CT molecular complexity index is 903. The molecule has 0 radical (unpaired) electrons. The van der Waals surface area contributed by atoms with Crippen molar-refractivity contribution in [2.45, 2.75) is 45.4 Å². The Hall–Kier alpha value is -2.28.